The highest BCUT2D eigenvalue weighted by Crippen LogP contribution is 2.44. The lowest BCUT2D eigenvalue weighted by Gasteiger charge is -2.41. The molecule has 0 amide bonds. The van der Waals surface area contributed by atoms with Gasteiger partial charge in [0.2, 0.25) is 0 Å². The van der Waals surface area contributed by atoms with Crippen LogP contribution >= 0.6 is 0 Å². The van der Waals surface area contributed by atoms with Crippen molar-refractivity contribution in [2.45, 2.75) is 72.1 Å². The van der Waals surface area contributed by atoms with Crippen molar-refractivity contribution in [3.8, 4) is 0 Å². The van der Waals surface area contributed by atoms with Crippen LogP contribution in [0.1, 0.15) is 72.1 Å². The van der Waals surface area contributed by atoms with Crippen LogP contribution in [-0.2, 0) is 0 Å². The van der Waals surface area contributed by atoms with Gasteiger partial charge < -0.3 is 0 Å². The van der Waals surface area contributed by atoms with Crippen molar-refractivity contribution < 1.29 is 0 Å². The van der Waals surface area contributed by atoms with Gasteiger partial charge in [-0.2, -0.15) is 0 Å². The molecule has 0 aliphatic heterocycles. The fourth-order valence-electron chi connectivity index (χ4n) is 4.32. The minimum Gasteiger partial charge on any atom is -0.0651 e. The number of hydrogen-bond donors (Lipinski definition) is 0. The lowest BCUT2D eigenvalue weighted by molar-refractivity contribution is 0.0981. The predicted octanol–water partition coefficient (Wildman–Crippen LogP) is 5.28. The first-order valence-corrected chi connectivity index (χ1v) is 7.70. The molecule has 2 aliphatic rings. The van der Waals surface area contributed by atoms with Crippen LogP contribution in [0.25, 0.3) is 0 Å². The zero-order valence-corrected chi connectivity index (χ0v) is 11.5. The highest BCUT2D eigenvalue weighted by molar-refractivity contribution is 4.84. The van der Waals surface area contributed by atoms with Crippen LogP contribution < -0.4 is 0 Å². The average Bonchev–Trinajstić information content (AvgIpc) is 2.30. The topological polar surface area (TPSA) is 0 Å². The maximum Gasteiger partial charge on any atom is -0.0360 e. The third-order valence-corrected chi connectivity index (χ3v) is 5.59. The Morgan fingerprint density at radius 1 is 0.875 bits per heavy atom. The largest absolute Gasteiger partial charge is 0.0651 e. The quantitative estimate of drug-likeness (QED) is 0.596. The van der Waals surface area contributed by atoms with E-state index in [2.05, 4.69) is 20.8 Å². The van der Waals surface area contributed by atoms with Gasteiger partial charge in [-0.05, 0) is 55.3 Å². The first-order valence-electron chi connectivity index (χ1n) is 7.70. The second kappa shape index (κ2) is 5.56. The van der Waals surface area contributed by atoms with Crippen molar-refractivity contribution >= 4 is 0 Å². The maximum atomic E-state index is 2.53. The van der Waals surface area contributed by atoms with Gasteiger partial charge in [-0.15, -0.1) is 0 Å². The van der Waals surface area contributed by atoms with Gasteiger partial charge in [-0.3, -0.25) is 0 Å². The normalized spacial score (nSPS) is 45.6. The van der Waals surface area contributed by atoms with E-state index in [0.29, 0.717) is 0 Å². The first kappa shape index (κ1) is 12.5. The fourth-order valence-corrected chi connectivity index (χ4v) is 4.32. The average molecular weight is 222 g/mol. The van der Waals surface area contributed by atoms with Crippen LogP contribution in [0, 0.1) is 29.6 Å². The molecule has 0 spiro atoms. The maximum absolute atomic E-state index is 2.53. The summed E-state index contributed by atoms with van der Waals surface area (Å²) in [4.78, 5) is 0. The van der Waals surface area contributed by atoms with Crippen LogP contribution in [0.15, 0.2) is 0 Å². The van der Waals surface area contributed by atoms with Crippen molar-refractivity contribution in [1.82, 2.24) is 0 Å². The third-order valence-electron chi connectivity index (χ3n) is 5.59. The number of hydrogen-bond acceptors (Lipinski definition) is 0. The summed E-state index contributed by atoms with van der Waals surface area (Å²) in [6, 6.07) is 0. The van der Waals surface area contributed by atoms with E-state index in [9.17, 15) is 0 Å². The molecular weight excluding hydrogens is 192 g/mol. The molecule has 16 heavy (non-hydrogen) atoms. The van der Waals surface area contributed by atoms with Gasteiger partial charge >= 0.3 is 0 Å². The Morgan fingerprint density at radius 3 is 2.12 bits per heavy atom. The second-order valence-corrected chi connectivity index (χ2v) is 6.75. The van der Waals surface area contributed by atoms with Gasteiger partial charge in [0.15, 0.2) is 0 Å². The van der Waals surface area contributed by atoms with Gasteiger partial charge in [0.1, 0.15) is 0 Å². The molecule has 0 nitrogen and oxygen atoms in total. The first-order chi connectivity index (χ1) is 7.70. The Bertz CT molecular complexity index is 200. The lowest BCUT2D eigenvalue weighted by atomic mass is 9.65. The molecule has 2 aliphatic carbocycles. The van der Waals surface area contributed by atoms with Crippen LogP contribution in [0.5, 0.6) is 0 Å². The van der Waals surface area contributed by atoms with Crippen molar-refractivity contribution in [1.29, 1.82) is 0 Å². The minimum absolute atomic E-state index is 1.01. The highest BCUT2D eigenvalue weighted by Gasteiger charge is 2.33. The van der Waals surface area contributed by atoms with Crippen molar-refractivity contribution in [2.75, 3.05) is 0 Å². The molecule has 2 fully saturated rings. The Kier molecular flexibility index (Phi) is 4.33. The SMILES string of the molecule is CCC1CCC(C2CCC(C)CC2)C(C)C1. The van der Waals surface area contributed by atoms with Crippen molar-refractivity contribution in [2.24, 2.45) is 29.6 Å². The van der Waals surface area contributed by atoms with E-state index < -0.39 is 0 Å². The molecule has 2 rings (SSSR count). The number of rotatable bonds is 2. The molecule has 94 valence electrons. The van der Waals surface area contributed by atoms with Crippen LogP contribution in [-0.4, -0.2) is 0 Å². The van der Waals surface area contributed by atoms with Crippen molar-refractivity contribution in [3.63, 3.8) is 0 Å². The highest BCUT2D eigenvalue weighted by atomic mass is 14.4. The zero-order chi connectivity index (χ0) is 11.5. The minimum atomic E-state index is 1.01. The van der Waals surface area contributed by atoms with Gasteiger partial charge in [-0.25, -0.2) is 0 Å². The summed E-state index contributed by atoms with van der Waals surface area (Å²) in [5, 5.41) is 0. The third kappa shape index (κ3) is 2.81. The Hall–Kier alpha value is 0. The van der Waals surface area contributed by atoms with Crippen LogP contribution in [0.3, 0.4) is 0 Å². The van der Waals surface area contributed by atoms with Gasteiger partial charge in [0.05, 0.1) is 0 Å². The molecule has 0 saturated heterocycles. The molecule has 2 saturated carbocycles. The van der Waals surface area contributed by atoms with E-state index in [-0.39, 0.29) is 0 Å². The molecule has 3 unspecified atom stereocenters. The smallest absolute Gasteiger partial charge is 0.0360 e. The fraction of sp³-hybridized carbons (Fsp3) is 1.00. The second-order valence-electron chi connectivity index (χ2n) is 6.75. The Labute approximate surface area is 102 Å². The summed E-state index contributed by atoms with van der Waals surface area (Å²) in [5.41, 5.74) is 0. The molecule has 0 aromatic rings. The van der Waals surface area contributed by atoms with E-state index >= 15 is 0 Å². The van der Waals surface area contributed by atoms with Crippen molar-refractivity contribution in [3.05, 3.63) is 0 Å². The van der Waals surface area contributed by atoms with E-state index in [1.165, 1.54) is 44.9 Å². The monoisotopic (exact) mass is 222 g/mol. The summed E-state index contributed by atoms with van der Waals surface area (Å²) in [7, 11) is 0. The molecule has 0 heteroatoms. The van der Waals surface area contributed by atoms with E-state index in [1.54, 1.807) is 6.42 Å². The molecular formula is C16H30. The molecule has 0 bridgehead atoms. The van der Waals surface area contributed by atoms with Crippen LogP contribution in [0.2, 0.25) is 0 Å². The zero-order valence-electron chi connectivity index (χ0n) is 11.5. The lowest BCUT2D eigenvalue weighted by Crippen LogP contribution is -2.30. The van der Waals surface area contributed by atoms with E-state index in [1.807, 2.05) is 0 Å². The van der Waals surface area contributed by atoms with E-state index in [0.717, 1.165) is 29.6 Å². The summed E-state index contributed by atoms with van der Waals surface area (Å²) in [6.07, 6.45) is 12.1. The summed E-state index contributed by atoms with van der Waals surface area (Å²) in [5.74, 6) is 5.24. The molecule has 0 aromatic carbocycles. The molecule has 3 atom stereocenters. The Morgan fingerprint density at radius 2 is 1.56 bits per heavy atom. The summed E-state index contributed by atoms with van der Waals surface area (Å²) >= 11 is 0. The molecule has 0 radical (unpaired) electrons. The standard InChI is InChI=1S/C16H30/c1-4-14-7-10-16(13(3)11-14)15-8-5-12(2)6-9-15/h12-16H,4-11H2,1-3H3. The molecule has 0 aromatic heterocycles. The van der Waals surface area contributed by atoms with E-state index in [4.69, 9.17) is 0 Å². The van der Waals surface area contributed by atoms with Gasteiger partial charge in [0.25, 0.3) is 0 Å². The van der Waals surface area contributed by atoms with Crippen LogP contribution in [0.4, 0.5) is 0 Å². The molecule has 0 N–H and O–H groups in total. The predicted molar refractivity (Wildman–Crippen MR) is 71.4 cm³/mol. The summed E-state index contributed by atoms with van der Waals surface area (Å²) < 4.78 is 0. The molecule has 0 heterocycles. The summed E-state index contributed by atoms with van der Waals surface area (Å²) in [6.45, 7) is 7.35. The van der Waals surface area contributed by atoms with Gasteiger partial charge in [0, 0.05) is 0 Å². The Balaban J connectivity index is 1.85. The van der Waals surface area contributed by atoms with Gasteiger partial charge in [-0.1, -0.05) is 46.5 Å².